The molecule has 1 heteroatoms. The van der Waals surface area contributed by atoms with Crippen LogP contribution < -0.4 is 0 Å². The molecule has 0 amide bonds. The van der Waals surface area contributed by atoms with Crippen LogP contribution in [0.4, 0.5) is 0 Å². The third-order valence-electron chi connectivity index (χ3n) is 1.88. The first-order valence-electron chi connectivity index (χ1n) is 4.16. The molecule has 1 atom stereocenters. The second kappa shape index (κ2) is 3.65. The maximum absolute atomic E-state index is 5.41. The summed E-state index contributed by atoms with van der Waals surface area (Å²) >= 11 is 0. The number of ether oxygens (including phenoxy) is 1. The fourth-order valence-electron chi connectivity index (χ4n) is 1.39. The van der Waals surface area contributed by atoms with E-state index in [1.54, 1.807) is 0 Å². The highest BCUT2D eigenvalue weighted by molar-refractivity contribution is 4.99. The van der Waals surface area contributed by atoms with Gasteiger partial charge in [0, 0.05) is 6.42 Å². The largest absolute Gasteiger partial charge is 0.499 e. The first-order chi connectivity index (χ1) is 4.83. The van der Waals surface area contributed by atoms with E-state index in [1.807, 2.05) is 6.92 Å². The van der Waals surface area contributed by atoms with E-state index in [1.165, 1.54) is 18.6 Å². The molecule has 0 saturated carbocycles. The van der Waals surface area contributed by atoms with E-state index in [2.05, 4.69) is 13.0 Å². The zero-order valence-electron chi connectivity index (χ0n) is 6.89. The summed E-state index contributed by atoms with van der Waals surface area (Å²) in [6.07, 6.45) is 6.04. The molecule has 0 saturated heterocycles. The standard InChI is InChI=1S/C9H16O/c1-3-10-9-6-4-5-8(2)7-9/h7-8H,3-6H2,1-2H3. The highest BCUT2D eigenvalue weighted by Gasteiger charge is 2.08. The fourth-order valence-corrected chi connectivity index (χ4v) is 1.39. The van der Waals surface area contributed by atoms with Crippen molar-refractivity contribution in [1.29, 1.82) is 0 Å². The zero-order valence-corrected chi connectivity index (χ0v) is 6.89. The Balaban J connectivity index is 2.41. The van der Waals surface area contributed by atoms with E-state index in [0.29, 0.717) is 0 Å². The molecule has 0 aromatic heterocycles. The van der Waals surface area contributed by atoms with Crippen LogP contribution in [0.3, 0.4) is 0 Å². The van der Waals surface area contributed by atoms with E-state index in [9.17, 15) is 0 Å². The van der Waals surface area contributed by atoms with Crippen LogP contribution in [0.15, 0.2) is 11.8 Å². The van der Waals surface area contributed by atoms with Crippen molar-refractivity contribution in [3.05, 3.63) is 11.8 Å². The van der Waals surface area contributed by atoms with Crippen molar-refractivity contribution in [2.75, 3.05) is 6.61 Å². The Labute approximate surface area is 63.1 Å². The number of rotatable bonds is 2. The van der Waals surface area contributed by atoms with Gasteiger partial charge in [0.05, 0.1) is 12.4 Å². The van der Waals surface area contributed by atoms with Gasteiger partial charge in [0.2, 0.25) is 0 Å². The summed E-state index contributed by atoms with van der Waals surface area (Å²) in [6, 6.07) is 0. The summed E-state index contributed by atoms with van der Waals surface area (Å²) in [5.41, 5.74) is 0. The molecule has 0 aromatic rings. The van der Waals surface area contributed by atoms with Crippen LogP contribution in [0.5, 0.6) is 0 Å². The molecular weight excluding hydrogens is 124 g/mol. The van der Waals surface area contributed by atoms with Gasteiger partial charge in [-0.3, -0.25) is 0 Å². The lowest BCUT2D eigenvalue weighted by Crippen LogP contribution is -2.03. The predicted octanol–water partition coefficient (Wildman–Crippen LogP) is 2.73. The Hall–Kier alpha value is -0.460. The molecule has 1 rings (SSSR count). The van der Waals surface area contributed by atoms with Gasteiger partial charge >= 0.3 is 0 Å². The molecule has 0 aromatic carbocycles. The van der Waals surface area contributed by atoms with Gasteiger partial charge in [0.1, 0.15) is 0 Å². The Bertz CT molecular complexity index is 127. The SMILES string of the molecule is CCOC1=CC(C)CCC1. The maximum Gasteiger partial charge on any atom is 0.0922 e. The number of allylic oxidation sites excluding steroid dienone is 2. The Morgan fingerprint density at radius 1 is 1.70 bits per heavy atom. The molecular formula is C9H16O. The molecule has 0 fully saturated rings. The lowest BCUT2D eigenvalue weighted by atomic mass is 9.97. The molecule has 0 radical (unpaired) electrons. The van der Waals surface area contributed by atoms with Gasteiger partial charge in [0.25, 0.3) is 0 Å². The van der Waals surface area contributed by atoms with E-state index in [-0.39, 0.29) is 0 Å². The van der Waals surface area contributed by atoms with E-state index < -0.39 is 0 Å². The van der Waals surface area contributed by atoms with Crippen LogP contribution >= 0.6 is 0 Å². The summed E-state index contributed by atoms with van der Waals surface area (Å²) in [4.78, 5) is 0. The van der Waals surface area contributed by atoms with Crippen molar-refractivity contribution in [1.82, 2.24) is 0 Å². The molecule has 1 aliphatic rings. The first kappa shape index (κ1) is 7.64. The molecule has 0 aliphatic heterocycles. The number of hydrogen-bond donors (Lipinski definition) is 0. The minimum atomic E-state index is 0.732. The minimum Gasteiger partial charge on any atom is -0.499 e. The molecule has 0 N–H and O–H groups in total. The van der Waals surface area contributed by atoms with Crippen LogP contribution in [0.2, 0.25) is 0 Å². The summed E-state index contributed by atoms with van der Waals surface area (Å²) in [5, 5.41) is 0. The number of hydrogen-bond acceptors (Lipinski definition) is 1. The third kappa shape index (κ3) is 2.05. The van der Waals surface area contributed by atoms with Gasteiger partial charge in [0.15, 0.2) is 0 Å². The van der Waals surface area contributed by atoms with Gasteiger partial charge in [-0.1, -0.05) is 6.92 Å². The first-order valence-corrected chi connectivity index (χ1v) is 4.16. The van der Waals surface area contributed by atoms with Crippen LogP contribution in [0, 0.1) is 5.92 Å². The minimum absolute atomic E-state index is 0.732. The maximum atomic E-state index is 5.41. The highest BCUT2D eigenvalue weighted by Crippen LogP contribution is 2.22. The second-order valence-corrected chi connectivity index (χ2v) is 2.94. The van der Waals surface area contributed by atoms with Crippen LogP contribution in [0.25, 0.3) is 0 Å². The van der Waals surface area contributed by atoms with E-state index in [4.69, 9.17) is 4.74 Å². The zero-order chi connectivity index (χ0) is 7.40. The highest BCUT2D eigenvalue weighted by atomic mass is 16.5. The van der Waals surface area contributed by atoms with Gasteiger partial charge in [-0.25, -0.2) is 0 Å². The predicted molar refractivity (Wildman–Crippen MR) is 42.7 cm³/mol. The van der Waals surface area contributed by atoms with Crippen LogP contribution in [-0.2, 0) is 4.74 Å². The monoisotopic (exact) mass is 140 g/mol. The van der Waals surface area contributed by atoms with Gasteiger partial charge in [-0.05, 0) is 31.8 Å². The fraction of sp³-hybridized carbons (Fsp3) is 0.778. The van der Waals surface area contributed by atoms with Gasteiger partial charge in [-0.2, -0.15) is 0 Å². The molecule has 58 valence electrons. The summed E-state index contributed by atoms with van der Waals surface area (Å²) in [5.74, 6) is 1.94. The molecule has 10 heavy (non-hydrogen) atoms. The van der Waals surface area contributed by atoms with Crippen LogP contribution in [0.1, 0.15) is 33.1 Å². The molecule has 0 spiro atoms. The average molecular weight is 140 g/mol. The lowest BCUT2D eigenvalue weighted by Gasteiger charge is -2.17. The van der Waals surface area contributed by atoms with E-state index in [0.717, 1.165) is 18.9 Å². The topological polar surface area (TPSA) is 9.23 Å². The molecule has 1 aliphatic carbocycles. The Morgan fingerprint density at radius 2 is 2.50 bits per heavy atom. The van der Waals surface area contributed by atoms with Crippen LogP contribution in [-0.4, -0.2) is 6.61 Å². The molecule has 1 unspecified atom stereocenters. The van der Waals surface area contributed by atoms with E-state index >= 15 is 0 Å². The van der Waals surface area contributed by atoms with Crippen molar-refractivity contribution in [2.45, 2.75) is 33.1 Å². The van der Waals surface area contributed by atoms with Crippen molar-refractivity contribution < 1.29 is 4.74 Å². The third-order valence-corrected chi connectivity index (χ3v) is 1.88. The van der Waals surface area contributed by atoms with Crippen molar-refractivity contribution in [3.8, 4) is 0 Å². The average Bonchev–Trinajstić information content (AvgIpc) is 1.88. The van der Waals surface area contributed by atoms with Crippen molar-refractivity contribution >= 4 is 0 Å². The second-order valence-electron chi connectivity index (χ2n) is 2.94. The van der Waals surface area contributed by atoms with Gasteiger partial charge in [-0.15, -0.1) is 0 Å². The summed E-state index contributed by atoms with van der Waals surface area (Å²) in [7, 11) is 0. The smallest absolute Gasteiger partial charge is 0.0922 e. The Kier molecular flexibility index (Phi) is 2.79. The quantitative estimate of drug-likeness (QED) is 0.573. The summed E-state index contributed by atoms with van der Waals surface area (Å²) < 4.78 is 5.41. The molecule has 0 bridgehead atoms. The van der Waals surface area contributed by atoms with Crippen molar-refractivity contribution in [3.63, 3.8) is 0 Å². The molecule has 1 nitrogen and oxygen atoms in total. The Morgan fingerprint density at radius 3 is 3.10 bits per heavy atom. The van der Waals surface area contributed by atoms with Crippen molar-refractivity contribution in [2.24, 2.45) is 5.92 Å². The normalized spacial score (nSPS) is 25.8. The summed E-state index contributed by atoms with van der Waals surface area (Å²) in [6.45, 7) is 5.11. The van der Waals surface area contributed by atoms with Gasteiger partial charge < -0.3 is 4.74 Å². The lowest BCUT2D eigenvalue weighted by molar-refractivity contribution is 0.206. The molecule has 0 heterocycles.